The molecule has 0 saturated carbocycles. The molecule has 0 unspecified atom stereocenters. The fourth-order valence-electron chi connectivity index (χ4n) is 1.41. The lowest BCUT2D eigenvalue weighted by Gasteiger charge is -2.16. The summed E-state index contributed by atoms with van der Waals surface area (Å²) in [7, 11) is -3.87. The van der Waals surface area contributed by atoms with Crippen LogP contribution >= 0.6 is 0 Å². The molecule has 14 heavy (non-hydrogen) atoms. The van der Waals surface area contributed by atoms with Crippen LogP contribution in [0.3, 0.4) is 0 Å². The number of alkyl halides is 3. The minimum Gasteiger partial charge on any atom is -0.481 e. The van der Waals surface area contributed by atoms with Gasteiger partial charge in [0.2, 0.25) is 0 Å². The average molecular weight is 232 g/mol. The molecule has 1 saturated heterocycles. The zero-order valence-corrected chi connectivity index (χ0v) is 7.60. The molecule has 1 N–H and O–H groups in total. The molecule has 1 fully saturated rings. The van der Waals surface area contributed by atoms with Gasteiger partial charge in [-0.05, 0) is 0 Å². The SMILES string of the molecule is O=C(O)[C@@H]1CS(=O)(=O)C[C@H]1C(F)(F)F. The maximum absolute atomic E-state index is 12.2. The molecule has 0 spiro atoms. The van der Waals surface area contributed by atoms with Crippen LogP contribution in [-0.4, -0.2) is 37.2 Å². The molecule has 0 aromatic heterocycles. The van der Waals surface area contributed by atoms with E-state index in [0.29, 0.717) is 0 Å². The number of carboxylic acid groups (broad SMARTS) is 1. The van der Waals surface area contributed by atoms with Crippen molar-refractivity contribution in [3.63, 3.8) is 0 Å². The van der Waals surface area contributed by atoms with Crippen molar-refractivity contribution in [3.8, 4) is 0 Å². The second-order valence-electron chi connectivity index (χ2n) is 3.17. The van der Waals surface area contributed by atoms with Gasteiger partial charge in [-0.25, -0.2) is 8.42 Å². The molecule has 4 nitrogen and oxygen atoms in total. The van der Waals surface area contributed by atoms with Gasteiger partial charge in [-0.15, -0.1) is 0 Å². The van der Waals surface area contributed by atoms with E-state index in [1.165, 1.54) is 0 Å². The summed E-state index contributed by atoms with van der Waals surface area (Å²) in [5.41, 5.74) is 0. The third kappa shape index (κ3) is 2.17. The second kappa shape index (κ2) is 3.11. The molecule has 8 heteroatoms. The topological polar surface area (TPSA) is 71.4 Å². The maximum atomic E-state index is 12.2. The summed E-state index contributed by atoms with van der Waals surface area (Å²) in [6.45, 7) is 0. The Balaban J connectivity index is 3.01. The van der Waals surface area contributed by atoms with E-state index in [2.05, 4.69) is 0 Å². The van der Waals surface area contributed by atoms with E-state index in [-0.39, 0.29) is 0 Å². The summed E-state index contributed by atoms with van der Waals surface area (Å²) >= 11 is 0. The van der Waals surface area contributed by atoms with Gasteiger partial charge in [-0.1, -0.05) is 0 Å². The van der Waals surface area contributed by atoms with Crippen LogP contribution < -0.4 is 0 Å². The predicted molar refractivity (Wildman–Crippen MR) is 39.3 cm³/mol. The molecule has 1 aliphatic heterocycles. The molecule has 1 aliphatic rings. The van der Waals surface area contributed by atoms with Gasteiger partial charge in [0.15, 0.2) is 9.84 Å². The Morgan fingerprint density at radius 2 is 1.79 bits per heavy atom. The molecule has 0 radical (unpaired) electrons. The lowest BCUT2D eigenvalue weighted by molar-refractivity contribution is -0.186. The Morgan fingerprint density at radius 3 is 2.07 bits per heavy atom. The first-order valence-electron chi connectivity index (χ1n) is 3.63. The van der Waals surface area contributed by atoms with Crippen molar-refractivity contribution >= 4 is 15.8 Å². The van der Waals surface area contributed by atoms with E-state index in [1.54, 1.807) is 0 Å². The number of carboxylic acids is 1. The number of rotatable bonds is 1. The first-order valence-corrected chi connectivity index (χ1v) is 5.45. The highest BCUT2D eigenvalue weighted by Gasteiger charge is 2.55. The first-order chi connectivity index (χ1) is 6.13. The highest BCUT2D eigenvalue weighted by molar-refractivity contribution is 7.91. The summed E-state index contributed by atoms with van der Waals surface area (Å²) in [6.07, 6.45) is -4.77. The molecule has 0 aromatic rings. The molecular weight excluding hydrogens is 225 g/mol. The van der Waals surface area contributed by atoms with Gasteiger partial charge in [0.1, 0.15) is 0 Å². The summed E-state index contributed by atoms with van der Waals surface area (Å²) < 4.78 is 58.2. The number of aliphatic carboxylic acids is 1. The number of hydrogen-bond acceptors (Lipinski definition) is 3. The van der Waals surface area contributed by atoms with Gasteiger partial charge in [-0.3, -0.25) is 4.79 Å². The maximum Gasteiger partial charge on any atom is 0.393 e. The number of sulfone groups is 1. The Kier molecular flexibility index (Phi) is 2.51. The number of hydrogen-bond donors (Lipinski definition) is 1. The van der Waals surface area contributed by atoms with E-state index < -0.39 is 45.3 Å². The standard InChI is InChI=1S/C6H7F3O4S/c7-6(8,9)4-2-14(12,13)1-3(4)5(10)11/h3-4H,1-2H2,(H,10,11)/t3-,4-/m1/s1. The molecule has 2 atom stereocenters. The molecule has 0 amide bonds. The average Bonchev–Trinajstić information content (AvgIpc) is 2.24. The Hall–Kier alpha value is -0.790. The molecule has 1 heterocycles. The van der Waals surface area contributed by atoms with Gasteiger partial charge in [-0.2, -0.15) is 13.2 Å². The highest BCUT2D eigenvalue weighted by Crippen LogP contribution is 2.38. The van der Waals surface area contributed by atoms with Crippen molar-refractivity contribution in [1.82, 2.24) is 0 Å². The number of halogens is 3. The highest BCUT2D eigenvalue weighted by atomic mass is 32.2. The van der Waals surface area contributed by atoms with Crippen LogP contribution in [0.2, 0.25) is 0 Å². The fraction of sp³-hybridized carbons (Fsp3) is 0.833. The summed E-state index contributed by atoms with van der Waals surface area (Å²) in [6, 6.07) is 0. The Labute approximate surface area is 77.6 Å². The van der Waals surface area contributed by atoms with Crippen LogP contribution in [0.15, 0.2) is 0 Å². The van der Waals surface area contributed by atoms with Crippen molar-refractivity contribution < 1.29 is 31.5 Å². The Bertz CT molecular complexity index is 345. The normalized spacial score (nSPS) is 31.6. The van der Waals surface area contributed by atoms with E-state index in [9.17, 15) is 26.4 Å². The van der Waals surface area contributed by atoms with Gasteiger partial charge in [0.25, 0.3) is 0 Å². The van der Waals surface area contributed by atoms with Crippen LogP contribution in [0.1, 0.15) is 0 Å². The Morgan fingerprint density at radius 1 is 1.29 bits per heavy atom. The van der Waals surface area contributed by atoms with Crippen LogP contribution in [0.4, 0.5) is 13.2 Å². The van der Waals surface area contributed by atoms with E-state index in [1.807, 2.05) is 0 Å². The van der Waals surface area contributed by atoms with Gasteiger partial charge in [0, 0.05) is 0 Å². The third-order valence-corrected chi connectivity index (χ3v) is 3.82. The minimum atomic E-state index is -4.77. The van der Waals surface area contributed by atoms with Gasteiger partial charge in [0.05, 0.1) is 23.3 Å². The van der Waals surface area contributed by atoms with Crippen molar-refractivity contribution in [2.75, 3.05) is 11.5 Å². The minimum absolute atomic E-state index is 0.924. The molecule has 82 valence electrons. The van der Waals surface area contributed by atoms with E-state index >= 15 is 0 Å². The van der Waals surface area contributed by atoms with Crippen molar-refractivity contribution in [2.24, 2.45) is 11.8 Å². The smallest absolute Gasteiger partial charge is 0.393 e. The van der Waals surface area contributed by atoms with Crippen molar-refractivity contribution in [2.45, 2.75) is 6.18 Å². The molecule has 0 aromatic carbocycles. The van der Waals surface area contributed by atoms with Crippen LogP contribution in [0, 0.1) is 11.8 Å². The lowest BCUT2D eigenvalue weighted by Crippen LogP contribution is -2.33. The predicted octanol–water partition coefficient (Wildman–Crippen LogP) is 0.294. The quantitative estimate of drug-likeness (QED) is 0.705. The monoisotopic (exact) mass is 232 g/mol. The van der Waals surface area contributed by atoms with Gasteiger partial charge < -0.3 is 5.11 Å². The number of carbonyl (C=O) groups is 1. The lowest BCUT2D eigenvalue weighted by atomic mass is 9.96. The van der Waals surface area contributed by atoms with Crippen molar-refractivity contribution in [3.05, 3.63) is 0 Å². The largest absolute Gasteiger partial charge is 0.481 e. The molecule has 1 rings (SSSR count). The molecule has 0 aliphatic carbocycles. The summed E-state index contributed by atoms with van der Waals surface area (Å²) in [5.74, 6) is -7.89. The summed E-state index contributed by atoms with van der Waals surface area (Å²) in [4.78, 5) is 10.4. The van der Waals surface area contributed by atoms with E-state index in [4.69, 9.17) is 5.11 Å². The third-order valence-electron chi connectivity index (χ3n) is 2.09. The molecular formula is C6H7F3O4S. The zero-order valence-electron chi connectivity index (χ0n) is 6.78. The first kappa shape index (κ1) is 11.3. The molecule has 0 bridgehead atoms. The van der Waals surface area contributed by atoms with Gasteiger partial charge >= 0.3 is 12.1 Å². The van der Waals surface area contributed by atoms with E-state index in [0.717, 1.165) is 0 Å². The van der Waals surface area contributed by atoms with Crippen LogP contribution in [0.25, 0.3) is 0 Å². The zero-order chi connectivity index (χ0) is 11.1. The van der Waals surface area contributed by atoms with Crippen LogP contribution in [0.5, 0.6) is 0 Å². The van der Waals surface area contributed by atoms with Crippen LogP contribution in [-0.2, 0) is 14.6 Å². The summed E-state index contributed by atoms with van der Waals surface area (Å²) in [5, 5.41) is 8.41. The fourth-order valence-corrected chi connectivity index (χ4v) is 3.44. The van der Waals surface area contributed by atoms with Crippen molar-refractivity contribution in [1.29, 1.82) is 0 Å². The second-order valence-corrected chi connectivity index (χ2v) is 5.32.